The number of carbonyl (C=O) groups is 1. The van der Waals surface area contributed by atoms with Gasteiger partial charge >= 0.3 is 5.97 Å². The fourth-order valence-corrected chi connectivity index (χ4v) is 2.87. The lowest BCUT2D eigenvalue weighted by Gasteiger charge is -2.16. The molecule has 6 nitrogen and oxygen atoms in total. The molecule has 0 spiro atoms. The molecule has 1 aliphatic heterocycles. The second kappa shape index (κ2) is 14.3. The van der Waals surface area contributed by atoms with Gasteiger partial charge in [0, 0.05) is 12.8 Å². The van der Waals surface area contributed by atoms with Crippen LogP contribution in [0.15, 0.2) is 48.6 Å². The zero-order valence-electron chi connectivity index (χ0n) is 16.6. The Labute approximate surface area is 167 Å². The summed E-state index contributed by atoms with van der Waals surface area (Å²) in [5, 5.41) is 38.8. The Kier molecular flexibility index (Phi) is 12.4. The summed E-state index contributed by atoms with van der Waals surface area (Å²) >= 11 is 0. The molecule has 1 rings (SSSR count). The highest BCUT2D eigenvalue weighted by Gasteiger charge is 2.36. The minimum Gasteiger partial charge on any atom is -0.481 e. The lowest BCUT2D eigenvalue weighted by molar-refractivity contribution is -0.136. The van der Waals surface area contributed by atoms with Crippen molar-refractivity contribution in [2.24, 2.45) is 0 Å². The number of aliphatic hydroxyl groups excluding tert-OH is 3. The van der Waals surface area contributed by atoms with Gasteiger partial charge in [0.25, 0.3) is 0 Å². The van der Waals surface area contributed by atoms with Crippen LogP contribution in [0, 0.1) is 0 Å². The van der Waals surface area contributed by atoms with Gasteiger partial charge in [0.15, 0.2) is 0 Å². The zero-order chi connectivity index (χ0) is 20.8. The lowest BCUT2D eigenvalue weighted by Crippen LogP contribution is -2.24. The topological polar surface area (TPSA) is 107 Å². The first-order valence-corrected chi connectivity index (χ1v) is 9.98. The van der Waals surface area contributed by atoms with E-state index in [-0.39, 0.29) is 6.42 Å². The predicted octanol–water partition coefficient (Wildman–Crippen LogP) is 2.90. The summed E-state index contributed by atoms with van der Waals surface area (Å²) in [4.78, 5) is 10.5. The molecule has 0 aliphatic carbocycles. The number of hydrogen-bond acceptors (Lipinski definition) is 5. The van der Waals surface area contributed by atoms with Gasteiger partial charge in [-0.1, -0.05) is 55.5 Å². The van der Waals surface area contributed by atoms with Gasteiger partial charge in [-0.2, -0.15) is 0 Å². The summed E-state index contributed by atoms with van der Waals surface area (Å²) in [6.45, 7) is 2.08. The summed E-state index contributed by atoms with van der Waals surface area (Å²) in [6.07, 6.45) is 15.1. The molecule has 0 saturated carbocycles. The SMILES string of the molecule is CC/C=C\C/C=C\C[C@H](O)/C=C/[C@H](O)[C@@H]1C[C@@H](O)[C@H](C/C=C\CCC(=O)O)O1. The van der Waals surface area contributed by atoms with Crippen molar-refractivity contribution in [1.82, 2.24) is 0 Å². The van der Waals surface area contributed by atoms with Crippen LogP contribution in [0.1, 0.15) is 51.9 Å². The zero-order valence-corrected chi connectivity index (χ0v) is 16.6. The second-order valence-electron chi connectivity index (χ2n) is 6.92. The van der Waals surface area contributed by atoms with Crippen LogP contribution in [0.2, 0.25) is 0 Å². The Morgan fingerprint density at radius 1 is 1.11 bits per heavy atom. The molecule has 0 unspecified atom stereocenters. The Balaban J connectivity index is 2.33. The van der Waals surface area contributed by atoms with Crippen molar-refractivity contribution in [1.29, 1.82) is 0 Å². The van der Waals surface area contributed by atoms with E-state index in [9.17, 15) is 20.1 Å². The number of aliphatic carboxylic acids is 1. The first kappa shape index (κ1) is 24.3. The fraction of sp³-hybridized carbons (Fsp3) is 0.591. The molecule has 0 bridgehead atoms. The van der Waals surface area contributed by atoms with E-state index in [0.29, 0.717) is 25.7 Å². The summed E-state index contributed by atoms with van der Waals surface area (Å²) in [6, 6.07) is 0. The van der Waals surface area contributed by atoms with Gasteiger partial charge in [-0.15, -0.1) is 0 Å². The molecule has 1 fully saturated rings. The number of ether oxygens (including phenoxy) is 1. The maximum absolute atomic E-state index is 10.5. The third kappa shape index (κ3) is 10.6. The average molecular weight is 395 g/mol. The van der Waals surface area contributed by atoms with Gasteiger partial charge in [0.05, 0.1) is 30.5 Å². The van der Waals surface area contributed by atoms with E-state index >= 15 is 0 Å². The van der Waals surface area contributed by atoms with Crippen LogP contribution in [0.3, 0.4) is 0 Å². The summed E-state index contributed by atoms with van der Waals surface area (Å²) < 4.78 is 5.71. The third-order valence-corrected chi connectivity index (χ3v) is 4.44. The van der Waals surface area contributed by atoms with Crippen LogP contribution in [-0.4, -0.2) is 56.9 Å². The highest BCUT2D eigenvalue weighted by Crippen LogP contribution is 2.26. The number of carboxylic acid groups (broad SMARTS) is 1. The Hall–Kier alpha value is -1.73. The van der Waals surface area contributed by atoms with Gasteiger partial charge in [-0.25, -0.2) is 0 Å². The number of hydrogen-bond donors (Lipinski definition) is 4. The van der Waals surface area contributed by atoms with Crippen LogP contribution < -0.4 is 0 Å². The van der Waals surface area contributed by atoms with E-state index in [1.165, 1.54) is 6.08 Å². The molecule has 0 amide bonds. The number of rotatable bonds is 13. The van der Waals surface area contributed by atoms with E-state index in [0.717, 1.165) is 12.8 Å². The summed E-state index contributed by atoms with van der Waals surface area (Å²) in [5.74, 6) is -0.845. The smallest absolute Gasteiger partial charge is 0.303 e. The molecule has 1 aliphatic rings. The van der Waals surface area contributed by atoms with Crippen molar-refractivity contribution >= 4 is 5.97 Å². The van der Waals surface area contributed by atoms with Crippen molar-refractivity contribution < 1.29 is 30.0 Å². The molecule has 6 heteroatoms. The van der Waals surface area contributed by atoms with Crippen molar-refractivity contribution in [3.8, 4) is 0 Å². The molecular weight excluding hydrogens is 360 g/mol. The van der Waals surface area contributed by atoms with Crippen molar-refractivity contribution in [3.63, 3.8) is 0 Å². The average Bonchev–Trinajstić information content (AvgIpc) is 3.03. The molecule has 0 aromatic rings. The molecule has 0 aromatic heterocycles. The number of carboxylic acids is 1. The Morgan fingerprint density at radius 2 is 1.86 bits per heavy atom. The van der Waals surface area contributed by atoms with Crippen molar-refractivity contribution in [3.05, 3.63) is 48.6 Å². The quantitative estimate of drug-likeness (QED) is 0.358. The minimum atomic E-state index is -0.901. The molecule has 28 heavy (non-hydrogen) atoms. The highest BCUT2D eigenvalue weighted by atomic mass is 16.5. The van der Waals surface area contributed by atoms with Gasteiger partial charge < -0.3 is 25.2 Å². The van der Waals surface area contributed by atoms with E-state index in [1.54, 1.807) is 18.2 Å². The van der Waals surface area contributed by atoms with Gasteiger partial charge in [0.1, 0.15) is 0 Å². The lowest BCUT2D eigenvalue weighted by atomic mass is 10.0. The third-order valence-electron chi connectivity index (χ3n) is 4.44. The van der Waals surface area contributed by atoms with E-state index in [1.807, 2.05) is 12.2 Å². The van der Waals surface area contributed by atoms with Gasteiger partial charge in [0.2, 0.25) is 0 Å². The van der Waals surface area contributed by atoms with Crippen LogP contribution in [0.4, 0.5) is 0 Å². The molecule has 0 aromatic carbocycles. The van der Waals surface area contributed by atoms with Crippen LogP contribution in [0.25, 0.3) is 0 Å². The first-order valence-electron chi connectivity index (χ1n) is 9.98. The van der Waals surface area contributed by atoms with Crippen LogP contribution in [0.5, 0.6) is 0 Å². The van der Waals surface area contributed by atoms with Crippen molar-refractivity contribution in [2.75, 3.05) is 0 Å². The highest BCUT2D eigenvalue weighted by molar-refractivity contribution is 5.66. The predicted molar refractivity (Wildman–Crippen MR) is 109 cm³/mol. The maximum atomic E-state index is 10.5. The largest absolute Gasteiger partial charge is 0.481 e. The van der Waals surface area contributed by atoms with Crippen LogP contribution >= 0.6 is 0 Å². The summed E-state index contributed by atoms with van der Waals surface area (Å²) in [5.41, 5.74) is 0. The van der Waals surface area contributed by atoms with Gasteiger partial charge in [-0.05, 0) is 32.1 Å². The molecule has 0 radical (unpaired) electrons. The van der Waals surface area contributed by atoms with E-state index in [2.05, 4.69) is 19.1 Å². The molecular formula is C22H34O6. The molecule has 158 valence electrons. The molecule has 1 saturated heterocycles. The second-order valence-corrected chi connectivity index (χ2v) is 6.92. The standard InChI is InChI=1S/C22H34O6/c1-2-3-4-5-6-8-11-17(23)14-15-18(24)21-16-19(25)20(28-21)12-9-7-10-13-22(26)27/h3-4,6-9,14-15,17-21,23-25H,2,5,10-13,16H2,1H3,(H,26,27)/b4-3-,8-6-,9-7-,15-14+/t17-,18-,19+,20-,21-/m0/s1. The minimum absolute atomic E-state index is 0.0731. The van der Waals surface area contributed by atoms with Gasteiger partial charge in [-0.3, -0.25) is 4.79 Å². The van der Waals surface area contributed by atoms with Crippen molar-refractivity contribution in [2.45, 2.75) is 82.4 Å². The normalized spacial score (nSPS) is 25.5. The van der Waals surface area contributed by atoms with E-state index in [4.69, 9.17) is 9.84 Å². The van der Waals surface area contributed by atoms with E-state index < -0.39 is 36.5 Å². The molecule has 4 N–H and O–H groups in total. The first-order chi connectivity index (χ1) is 13.4. The fourth-order valence-electron chi connectivity index (χ4n) is 2.87. The Morgan fingerprint density at radius 3 is 2.57 bits per heavy atom. The summed E-state index contributed by atoms with van der Waals surface area (Å²) in [7, 11) is 0. The number of allylic oxidation sites excluding steroid dienone is 4. The molecule has 5 atom stereocenters. The monoisotopic (exact) mass is 394 g/mol. The van der Waals surface area contributed by atoms with Crippen LogP contribution in [-0.2, 0) is 9.53 Å². The number of aliphatic hydroxyl groups is 3. The maximum Gasteiger partial charge on any atom is 0.303 e. The molecule has 1 heterocycles. The Bertz CT molecular complexity index is 551.